The van der Waals surface area contributed by atoms with Crippen LogP contribution in [-0.4, -0.2) is 26.6 Å². The fraction of sp³-hybridized carbons (Fsp3) is 0.273. The lowest BCUT2D eigenvalue weighted by molar-refractivity contribution is -0.124. The van der Waals surface area contributed by atoms with Crippen molar-refractivity contribution in [1.29, 1.82) is 0 Å². The van der Waals surface area contributed by atoms with Gasteiger partial charge >= 0.3 is 0 Å². The zero-order valence-electron chi connectivity index (χ0n) is 22.3. The van der Waals surface area contributed by atoms with Crippen LogP contribution in [0.1, 0.15) is 49.4 Å². The highest BCUT2D eigenvalue weighted by molar-refractivity contribution is 8.18. The maximum absolute atomic E-state index is 14.0. The Bertz CT molecular complexity index is 1590. The Balaban J connectivity index is 1.43. The fourth-order valence-corrected chi connectivity index (χ4v) is 6.97. The lowest BCUT2D eigenvalue weighted by atomic mass is 9.85. The molecule has 4 aromatic rings. The number of hydrogen-bond acceptors (Lipinski definition) is 3. The number of halogens is 1. The Hall–Kier alpha value is -3.64. The van der Waals surface area contributed by atoms with E-state index in [-0.39, 0.29) is 17.8 Å². The van der Waals surface area contributed by atoms with Gasteiger partial charge in [0.2, 0.25) is 0 Å². The SMILES string of the molecule is Cc1c(/C=C2\SC(=Nc3ccccc3)N([C@@H]3CCCC[C@H]3C)C2=O)c2ccccc2n1Cc1cccc(F)c1. The number of carbonyl (C=O) groups is 1. The van der Waals surface area contributed by atoms with Gasteiger partial charge in [0.15, 0.2) is 5.17 Å². The third-order valence-electron chi connectivity index (χ3n) is 8.00. The lowest BCUT2D eigenvalue weighted by Gasteiger charge is -2.35. The molecule has 1 amide bonds. The number of thioether (sulfide) groups is 1. The molecule has 2 heterocycles. The number of carbonyl (C=O) groups excluding carboxylic acids is 1. The van der Waals surface area contributed by atoms with Gasteiger partial charge in [0.05, 0.1) is 10.6 Å². The van der Waals surface area contributed by atoms with Gasteiger partial charge in [-0.2, -0.15) is 0 Å². The largest absolute Gasteiger partial charge is 0.340 e. The van der Waals surface area contributed by atoms with Crippen LogP contribution in [0.25, 0.3) is 17.0 Å². The molecule has 1 aromatic heterocycles. The van der Waals surface area contributed by atoms with E-state index >= 15 is 0 Å². The minimum absolute atomic E-state index is 0.0368. The summed E-state index contributed by atoms with van der Waals surface area (Å²) in [6.45, 7) is 4.89. The molecule has 0 bridgehead atoms. The van der Waals surface area contributed by atoms with Crippen molar-refractivity contribution >= 4 is 45.5 Å². The summed E-state index contributed by atoms with van der Waals surface area (Å²) < 4.78 is 16.1. The summed E-state index contributed by atoms with van der Waals surface area (Å²) >= 11 is 1.47. The number of para-hydroxylation sites is 2. The van der Waals surface area contributed by atoms with Crippen LogP contribution in [-0.2, 0) is 11.3 Å². The van der Waals surface area contributed by atoms with Crippen LogP contribution < -0.4 is 0 Å². The molecular formula is C33H32FN3OS. The molecule has 2 atom stereocenters. The Morgan fingerprint density at radius 2 is 1.77 bits per heavy atom. The van der Waals surface area contributed by atoms with Crippen LogP contribution in [0.2, 0.25) is 0 Å². The second kappa shape index (κ2) is 10.9. The minimum atomic E-state index is -0.237. The standard InChI is InChI=1S/C33H32FN3OS/c1-22-11-6-8-17-29(22)37-32(38)31(39-33(37)35-26-14-4-3-5-15-26)20-28-23(2)36(30-18-9-7-16-27(28)30)21-24-12-10-13-25(34)19-24/h3-5,7,9-10,12-16,18-20,22,29H,6,8,11,17,21H2,1-2H3/b31-20-,35-33?/t22-,29-/m1/s1. The van der Waals surface area contributed by atoms with Crippen LogP contribution in [0, 0.1) is 18.7 Å². The van der Waals surface area contributed by atoms with E-state index in [1.54, 1.807) is 12.1 Å². The van der Waals surface area contributed by atoms with Crippen LogP contribution in [0.5, 0.6) is 0 Å². The van der Waals surface area contributed by atoms with Crippen molar-refractivity contribution in [2.24, 2.45) is 10.9 Å². The summed E-state index contributed by atoms with van der Waals surface area (Å²) in [7, 11) is 0. The molecule has 4 nitrogen and oxygen atoms in total. The molecule has 0 radical (unpaired) electrons. The lowest BCUT2D eigenvalue weighted by Crippen LogP contribution is -2.44. The van der Waals surface area contributed by atoms with Crippen molar-refractivity contribution in [3.05, 3.63) is 106 Å². The van der Waals surface area contributed by atoms with E-state index in [4.69, 9.17) is 4.99 Å². The molecule has 1 aliphatic carbocycles. The first kappa shape index (κ1) is 25.6. The van der Waals surface area contributed by atoms with Crippen LogP contribution in [0.15, 0.2) is 88.8 Å². The van der Waals surface area contributed by atoms with E-state index < -0.39 is 0 Å². The van der Waals surface area contributed by atoms with Crippen LogP contribution >= 0.6 is 11.8 Å². The first-order chi connectivity index (χ1) is 19.0. The number of aliphatic imine (C=N–C) groups is 1. The van der Waals surface area contributed by atoms with Crippen molar-refractivity contribution in [3.63, 3.8) is 0 Å². The van der Waals surface area contributed by atoms with Gasteiger partial charge in [0.25, 0.3) is 5.91 Å². The maximum Gasteiger partial charge on any atom is 0.267 e. The molecule has 1 aliphatic heterocycles. The molecule has 2 aliphatic rings. The highest BCUT2D eigenvalue weighted by Gasteiger charge is 2.41. The molecule has 6 rings (SSSR count). The second-order valence-corrected chi connectivity index (χ2v) is 11.6. The number of aromatic nitrogens is 1. The molecule has 0 spiro atoms. The monoisotopic (exact) mass is 537 g/mol. The van der Waals surface area contributed by atoms with Gasteiger partial charge in [-0.05, 0) is 79.4 Å². The molecule has 0 N–H and O–H groups in total. The number of hydrogen-bond donors (Lipinski definition) is 0. The predicted octanol–water partition coefficient (Wildman–Crippen LogP) is 8.32. The van der Waals surface area contributed by atoms with E-state index in [2.05, 4.69) is 30.5 Å². The first-order valence-corrected chi connectivity index (χ1v) is 14.5. The molecule has 3 aromatic carbocycles. The Morgan fingerprint density at radius 3 is 2.56 bits per heavy atom. The summed E-state index contributed by atoms with van der Waals surface area (Å²) in [5.74, 6) is 0.229. The van der Waals surface area contributed by atoms with Crippen molar-refractivity contribution in [2.75, 3.05) is 0 Å². The summed E-state index contributed by atoms with van der Waals surface area (Å²) in [5.41, 5.74) is 4.89. The molecule has 2 fully saturated rings. The number of benzene rings is 3. The smallest absolute Gasteiger partial charge is 0.267 e. The zero-order chi connectivity index (χ0) is 26.9. The number of amides is 1. The maximum atomic E-state index is 14.0. The Kier molecular flexibility index (Phi) is 7.13. The highest BCUT2D eigenvalue weighted by Crippen LogP contribution is 2.41. The molecule has 39 heavy (non-hydrogen) atoms. The highest BCUT2D eigenvalue weighted by atomic mass is 32.2. The van der Waals surface area contributed by atoms with E-state index in [1.165, 1.54) is 24.2 Å². The minimum Gasteiger partial charge on any atom is -0.340 e. The van der Waals surface area contributed by atoms with Crippen molar-refractivity contribution in [2.45, 2.75) is 52.1 Å². The van der Waals surface area contributed by atoms with Gasteiger partial charge < -0.3 is 4.57 Å². The van der Waals surface area contributed by atoms with Gasteiger partial charge in [-0.3, -0.25) is 9.69 Å². The fourth-order valence-electron chi connectivity index (χ4n) is 5.94. The second-order valence-electron chi connectivity index (χ2n) is 10.6. The molecule has 0 unspecified atom stereocenters. The van der Waals surface area contributed by atoms with Gasteiger partial charge in [0, 0.05) is 34.7 Å². The Morgan fingerprint density at radius 1 is 1.00 bits per heavy atom. The number of amidine groups is 1. The van der Waals surface area contributed by atoms with E-state index in [9.17, 15) is 9.18 Å². The van der Waals surface area contributed by atoms with Crippen molar-refractivity contribution < 1.29 is 9.18 Å². The molecule has 198 valence electrons. The molecule has 1 saturated carbocycles. The van der Waals surface area contributed by atoms with Crippen molar-refractivity contribution in [1.82, 2.24) is 9.47 Å². The van der Waals surface area contributed by atoms with Crippen molar-refractivity contribution in [3.8, 4) is 0 Å². The Labute approximate surface area is 233 Å². The van der Waals surface area contributed by atoms with Gasteiger partial charge in [-0.15, -0.1) is 0 Å². The number of fused-ring (bicyclic) bond motifs is 1. The summed E-state index contributed by atoms with van der Waals surface area (Å²) in [6, 6.07) is 25.0. The first-order valence-electron chi connectivity index (χ1n) is 13.7. The van der Waals surface area contributed by atoms with E-state index in [1.807, 2.05) is 59.5 Å². The number of rotatable bonds is 5. The van der Waals surface area contributed by atoms with E-state index in [0.29, 0.717) is 17.4 Å². The van der Waals surface area contributed by atoms with Crippen LogP contribution in [0.3, 0.4) is 0 Å². The van der Waals surface area contributed by atoms with Gasteiger partial charge in [-0.1, -0.05) is 68.3 Å². The van der Waals surface area contributed by atoms with Gasteiger partial charge in [0.1, 0.15) is 5.82 Å². The zero-order valence-corrected chi connectivity index (χ0v) is 23.1. The topological polar surface area (TPSA) is 37.6 Å². The quantitative estimate of drug-likeness (QED) is 0.240. The third kappa shape index (κ3) is 5.06. The summed E-state index contributed by atoms with van der Waals surface area (Å²) in [6.07, 6.45) is 6.52. The molecule has 1 saturated heterocycles. The van der Waals surface area contributed by atoms with E-state index in [0.717, 1.165) is 57.8 Å². The predicted molar refractivity (Wildman–Crippen MR) is 160 cm³/mol. The van der Waals surface area contributed by atoms with Gasteiger partial charge in [-0.25, -0.2) is 9.38 Å². The third-order valence-corrected chi connectivity index (χ3v) is 8.98. The molecular weight excluding hydrogens is 505 g/mol. The normalized spacial score (nSPS) is 21.9. The summed E-state index contributed by atoms with van der Waals surface area (Å²) in [5, 5.41) is 1.84. The average molecular weight is 538 g/mol. The summed E-state index contributed by atoms with van der Waals surface area (Å²) in [4.78, 5) is 21.7. The molecule has 6 heteroatoms. The number of nitrogens with zero attached hydrogens (tertiary/aromatic N) is 3. The average Bonchev–Trinajstić information content (AvgIpc) is 3.38. The van der Waals surface area contributed by atoms with Crippen LogP contribution in [0.4, 0.5) is 10.1 Å².